The van der Waals surface area contributed by atoms with Crippen molar-refractivity contribution in [1.82, 2.24) is 24.8 Å². The maximum Gasteiger partial charge on any atom is 0.418 e. The van der Waals surface area contributed by atoms with Crippen LogP contribution in [0.3, 0.4) is 0 Å². The number of alkyl halides is 3. The van der Waals surface area contributed by atoms with Gasteiger partial charge in [0.2, 0.25) is 5.91 Å². The Morgan fingerprint density at radius 2 is 1.95 bits per heavy atom. The van der Waals surface area contributed by atoms with Gasteiger partial charge in [-0.1, -0.05) is 6.58 Å². The number of nitrogen functional groups attached to an aromatic ring is 1. The van der Waals surface area contributed by atoms with E-state index in [1.54, 1.807) is 4.90 Å². The van der Waals surface area contributed by atoms with Gasteiger partial charge in [-0.3, -0.25) is 9.69 Å². The molecule has 1 aliphatic carbocycles. The molecule has 0 radical (unpaired) electrons. The molecule has 1 atom stereocenters. The quantitative estimate of drug-likeness (QED) is 0.452. The third kappa shape index (κ3) is 5.65. The average Bonchev–Trinajstić information content (AvgIpc) is 3.51. The molecular weight excluding hydrogens is 559 g/mol. The van der Waals surface area contributed by atoms with Crippen molar-refractivity contribution in [2.75, 3.05) is 57.0 Å². The zero-order chi connectivity index (χ0) is 30.5. The lowest BCUT2D eigenvalue weighted by Crippen LogP contribution is -2.53. The molecule has 0 aromatic carbocycles. The number of aryl methyl sites for hydroxylation is 1. The summed E-state index contributed by atoms with van der Waals surface area (Å²) in [5, 5.41) is 0. The molecule has 2 N–H and O–H groups in total. The van der Waals surface area contributed by atoms with Crippen molar-refractivity contribution in [1.29, 1.82) is 0 Å². The molecule has 2 aromatic rings. The molecular formula is C31H40F3N7O2. The van der Waals surface area contributed by atoms with E-state index >= 15 is 0 Å². The molecule has 2 aromatic heterocycles. The highest BCUT2D eigenvalue weighted by molar-refractivity contribution is 5.87. The van der Waals surface area contributed by atoms with E-state index in [0.717, 1.165) is 50.2 Å². The third-order valence-electron chi connectivity index (χ3n) is 9.79. The molecule has 0 bridgehead atoms. The predicted molar refractivity (Wildman–Crippen MR) is 157 cm³/mol. The number of rotatable bonds is 8. The molecule has 0 spiro atoms. The number of carbonyl (C=O) groups excluding carboxylic acids is 1. The number of halogens is 3. The van der Waals surface area contributed by atoms with Crippen LogP contribution in [0.1, 0.15) is 66.1 Å². The Kier molecular flexibility index (Phi) is 7.76. The number of nitrogens with zero attached hydrogens (tertiary/aromatic N) is 6. The van der Waals surface area contributed by atoms with Crippen LogP contribution in [0.4, 0.5) is 24.8 Å². The topological polar surface area (TPSA) is 101 Å². The molecule has 3 saturated heterocycles. The molecule has 3 aliphatic heterocycles. The van der Waals surface area contributed by atoms with E-state index in [4.69, 9.17) is 20.4 Å². The largest absolute Gasteiger partial charge is 0.461 e. The van der Waals surface area contributed by atoms with Crippen LogP contribution in [0.5, 0.6) is 6.01 Å². The first kappa shape index (κ1) is 29.7. The monoisotopic (exact) mass is 599 g/mol. The molecule has 6 rings (SSSR count). The Labute approximate surface area is 250 Å². The van der Waals surface area contributed by atoms with E-state index in [1.165, 1.54) is 19.1 Å². The third-order valence-corrected chi connectivity index (χ3v) is 9.79. The SMILES string of the molecule is C=CC(=O)N1CC(CN(C)c2nc(OCC34CCCN3CCC4)nc3c2CCC(c2nc(N)cc(C)c2C(F)(F)F)C3)C1. The van der Waals surface area contributed by atoms with Gasteiger partial charge < -0.3 is 20.3 Å². The molecule has 12 heteroatoms. The van der Waals surface area contributed by atoms with E-state index in [0.29, 0.717) is 44.8 Å². The Morgan fingerprint density at radius 3 is 2.63 bits per heavy atom. The fourth-order valence-electron chi connectivity index (χ4n) is 7.70. The van der Waals surface area contributed by atoms with E-state index in [-0.39, 0.29) is 46.9 Å². The van der Waals surface area contributed by atoms with Crippen LogP contribution in [0.2, 0.25) is 0 Å². The summed E-state index contributed by atoms with van der Waals surface area (Å²) in [5.41, 5.74) is 6.93. The fourth-order valence-corrected chi connectivity index (χ4v) is 7.70. The Hall–Kier alpha value is -3.41. The van der Waals surface area contributed by atoms with Crippen molar-refractivity contribution in [3.05, 3.63) is 46.8 Å². The second kappa shape index (κ2) is 11.3. The van der Waals surface area contributed by atoms with E-state index < -0.39 is 17.7 Å². The summed E-state index contributed by atoms with van der Waals surface area (Å²) in [6.45, 7) is 9.61. The first-order chi connectivity index (χ1) is 20.5. The number of hydrogen-bond donors (Lipinski definition) is 1. The zero-order valence-corrected chi connectivity index (χ0v) is 24.9. The lowest BCUT2D eigenvalue weighted by molar-refractivity contribution is -0.139. The minimum Gasteiger partial charge on any atom is -0.461 e. The fraction of sp³-hybridized carbons (Fsp3) is 0.613. The smallest absolute Gasteiger partial charge is 0.418 e. The van der Waals surface area contributed by atoms with Crippen molar-refractivity contribution >= 4 is 17.5 Å². The second-order valence-electron chi connectivity index (χ2n) is 12.7. The minimum atomic E-state index is -4.54. The number of likely N-dealkylation sites (tertiary alicyclic amines) is 1. The molecule has 43 heavy (non-hydrogen) atoms. The van der Waals surface area contributed by atoms with Gasteiger partial charge in [0.1, 0.15) is 18.2 Å². The van der Waals surface area contributed by atoms with Crippen LogP contribution in [-0.2, 0) is 23.8 Å². The van der Waals surface area contributed by atoms with Crippen LogP contribution in [0.15, 0.2) is 18.7 Å². The van der Waals surface area contributed by atoms with E-state index in [2.05, 4.69) is 21.4 Å². The Bertz CT molecular complexity index is 1400. The number of pyridine rings is 1. The van der Waals surface area contributed by atoms with E-state index in [9.17, 15) is 18.0 Å². The summed E-state index contributed by atoms with van der Waals surface area (Å²) in [6.07, 6.45) is 2.51. The normalized spacial score (nSPS) is 21.7. The number of carbonyl (C=O) groups is 1. The van der Waals surface area contributed by atoms with E-state index in [1.807, 2.05) is 7.05 Å². The van der Waals surface area contributed by atoms with Gasteiger partial charge in [-0.05, 0) is 82.7 Å². The van der Waals surface area contributed by atoms with Crippen LogP contribution in [0.25, 0.3) is 0 Å². The van der Waals surface area contributed by atoms with Crippen molar-refractivity contribution in [3.63, 3.8) is 0 Å². The Balaban J connectivity index is 1.29. The van der Waals surface area contributed by atoms with Gasteiger partial charge in [-0.15, -0.1) is 0 Å². The standard InChI is InChI=1S/C31H40F3N7O2/c1-4-25(42)40-16-20(17-40)15-39(3)28-22-8-7-21(27-26(31(32,33)34)19(2)13-24(35)37-27)14-23(22)36-29(38-28)43-18-30-9-5-11-41(30)12-6-10-30/h4,13,20-21H,1,5-12,14-18H2,2-3H3,(H2,35,37). The van der Waals surface area contributed by atoms with Gasteiger partial charge >= 0.3 is 12.2 Å². The van der Waals surface area contributed by atoms with Crippen LogP contribution in [-0.4, -0.2) is 82.6 Å². The number of nitrogens with two attached hydrogens (primary N) is 1. The number of anilines is 2. The number of ether oxygens (including phenoxy) is 1. The molecule has 3 fully saturated rings. The Morgan fingerprint density at radius 1 is 1.23 bits per heavy atom. The van der Waals surface area contributed by atoms with Crippen LogP contribution < -0.4 is 15.4 Å². The molecule has 5 heterocycles. The molecule has 1 amide bonds. The maximum atomic E-state index is 14.2. The highest BCUT2D eigenvalue weighted by Crippen LogP contribution is 2.43. The van der Waals surface area contributed by atoms with Crippen molar-refractivity contribution in [3.8, 4) is 6.01 Å². The van der Waals surface area contributed by atoms with Gasteiger partial charge in [0.05, 0.1) is 22.5 Å². The minimum absolute atomic E-state index is 0.00552. The van der Waals surface area contributed by atoms with Gasteiger partial charge in [0.25, 0.3) is 0 Å². The van der Waals surface area contributed by atoms with Crippen LogP contribution >= 0.6 is 0 Å². The summed E-state index contributed by atoms with van der Waals surface area (Å²) < 4.78 is 48.9. The first-order valence-corrected chi connectivity index (χ1v) is 15.2. The molecule has 4 aliphatic rings. The number of amides is 1. The van der Waals surface area contributed by atoms with Gasteiger partial charge in [0.15, 0.2) is 0 Å². The zero-order valence-electron chi connectivity index (χ0n) is 24.9. The summed E-state index contributed by atoms with van der Waals surface area (Å²) in [7, 11) is 1.97. The maximum absolute atomic E-state index is 14.2. The summed E-state index contributed by atoms with van der Waals surface area (Å²) in [4.78, 5) is 32.2. The van der Waals surface area contributed by atoms with Crippen LogP contribution in [0, 0.1) is 12.8 Å². The second-order valence-corrected chi connectivity index (χ2v) is 12.7. The highest BCUT2D eigenvalue weighted by atomic mass is 19.4. The molecule has 0 saturated carbocycles. The summed E-state index contributed by atoms with van der Waals surface area (Å²) in [5.74, 6) is 0.539. The molecule has 9 nitrogen and oxygen atoms in total. The summed E-state index contributed by atoms with van der Waals surface area (Å²) in [6, 6.07) is 1.54. The first-order valence-electron chi connectivity index (χ1n) is 15.2. The van der Waals surface area contributed by atoms with Crippen molar-refractivity contribution in [2.45, 2.75) is 69.5 Å². The number of fused-ring (bicyclic) bond motifs is 2. The van der Waals surface area contributed by atoms with Gasteiger partial charge in [0, 0.05) is 44.1 Å². The number of hydrogen-bond acceptors (Lipinski definition) is 8. The lowest BCUT2D eigenvalue weighted by Gasteiger charge is -2.41. The highest BCUT2D eigenvalue weighted by Gasteiger charge is 2.45. The lowest BCUT2D eigenvalue weighted by atomic mass is 9.82. The van der Waals surface area contributed by atoms with Crippen molar-refractivity contribution < 1.29 is 22.7 Å². The van der Waals surface area contributed by atoms with Gasteiger partial charge in [-0.25, -0.2) is 4.98 Å². The summed E-state index contributed by atoms with van der Waals surface area (Å²) >= 11 is 0. The molecule has 1 unspecified atom stereocenters. The average molecular weight is 600 g/mol. The predicted octanol–water partition coefficient (Wildman–Crippen LogP) is 4.14. The van der Waals surface area contributed by atoms with Crippen molar-refractivity contribution in [2.24, 2.45) is 5.92 Å². The number of aromatic nitrogens is 3. The molecule has 232 valence electrons. The van der Waals surface area contributed by atoms with Gasteiger partial charge in [-0.2, -0.15) is 23.1 Å².